The van der Waals surface area contributed by atoms with Crippen LogP contribution in [0.2, 0.25) is 0 Å². The molecule has 7 nitrogen and oxygen atoms in total. The smallest absolute Gasteiger partial charge is 0.256 e. The molecular formula is C18H21N3O4S. The molecule has 1 aromatic carbocycles. The van der Waals surface area contributed by atoms with Crippen LogP contribution in [-0.2, 0) is 10.0 Å². The average molecular weight is 375 g/mol. The van der Waals surface area contributed by atoms with Gasteiger partial charge in [-0.05, 0) is 50.1 Å². The summed E-state index contributed by atoms with van der Waals surface area (Å²) in [4.78, 5) is 16.7. The maximum absolute atomic E-state index is 12.8. The van der Waals surface area contributed by atoms with E-state index in [4.69, 9.17) is 4.74 Å². The number of amides is 1. The Morgan fingerprint density at radius 2 is 2.12 bits per heavy atom. The third-order valence-corrected chi connectivity index (χ3v) is 6.43. The van der Waals surface area contributed by atoms with Crippen molar-refractivity contribution in [2.45, 2.75) is 30.7 Å². The number of nitrogens with one attached hydrogen (secondary N) is 1. The molecular weight excluding hydrogens is 354 g/mol. The van der Waals surface area contributed by atoms with Crippen molar-refractivity contribution in [1.82, 2.24) is 9.29 Å². The van der Waals surface area contributed by atoms with E-state index in [1.807, 2.05) is 6.92 Å². The van der Waals surface area contributed by atoms with Crippen molar-refractivity contribution in [2.24, 2.45) is 0 Å². The molecule has 0 bridgehead atoms. The molecule has 0 spiro atoms. The second kappa shape index (κ2) is 7.43. The monoisotopic (exact) mass is 375 g/mol. The number of ether oxygens (including phenoxy) is 1. The Morgan fingerprint density at radius 3 is 2.81 bits per heavy atom. The molecule has 0 saturated carbocycles. The van der Waals surface area contributed by atoms with Crippen molar-refractivity contribution >= 4 is 21.7 Å². The first kappa shape index (κ1) is 18.3. The first-order chi connectivity index (χ1) is 12.4. The van der Waals surface area contributed by atoms with Gasteiger partial charge in [0.05, 0.1) is 12.0 Å². The Bertz CT molecular complexity index is 914. The molecule has 2 aromatic rings. The van der Waals surface area contributed by atoms with Gasteiger partial charge in [0.2, 0.25) is 10.0 Å². The number of methoxy groups -OCH3 is 1. The van der Waals surface area contributed by atoms with Crippen LogP contribution in [0, 0.1) is 0 Å². The molecule has 0 unspecified atom stereocenters. The molecule has 1 aromatic heterocycles. The highest BCUT2D eigenvalue weighted by atomic mass is 32.2. The zero-order valence-corrected chi connectivity index (χ0v) is 15.5. The number of pyridine rings is 1. The molecule has 1 fully saturated rings. The second-order valence-electron chi connectivity index (χ2n) is 6.14. The summed E-state index contributed by atoms with van der Waals surface area (Å²) < 4.78 is 32.3. The summed E-state index contributed by atoms with van der Waals surface area (Å²) in [6, 6.07) is 9.38. The van der Waals surface area contributed by atoms with Crippen molar-refractivity contribution in [3.8, 4) is 5.75 Å². The van der Waals surface area contributed by atoms with E-state index in [1.165, 1.54) is 29.7 Å². The molecule has 1 atom stereocenters. The molecule has 26 heavy (non-hydrogen) atoms. The Hall–Kier alpha value is -2.45. The summed E-state index contributed by atoms with van der Waals surface area (Å²) in [7, 11) is -2.13. The Labute approximate surface area is 153 Å². The van der Waals surface area contributed by atoms with E-state index in [-0.39, 0.29) is 22.3 Å². The molecule has 0 aliphatic carbocycles. The zero-order chi connectivity index (χ0) is 18.7. The van der Waals surface area contributed by atoms with Crippen LogP contribution < -0.4 is 10.1 Å². The van der Waals surface area contributed by atoms with Gasteiger partial charge in [0, 0.05) is 24.3 Å². The Balaban J connectivity index is 1.86. The highest BCUT2D eigenvalue weighted by Crippen LogP contribution is 2.26. The van der Waals surface area contributed by atoms with Crippen molar-refractivity contribution in [3.05, 3.63) is 48.2 Å². The van der Waals surface area contributed by atoms with Crippen LogP contribution in [0.25, 0.3) is 0 Å². The van der Waals surface area contributed by atoms with Gasteiger partial charge in [-0.3, -0.25) is 4.79 Å². The van der Waals surface area contributed by atoms with Crippen molar-refractivity contribution in [1.29, 1.82) is 0 Å². The van der Waals surface area contributed by atoms with E-state index in [1.54, 1.807) is 24.3 Å². The molecule has 2 heterocycles. The fourth-order valence-corrected chi connectivity index (χ4v) is 4.77. The van der Waals surface area contributed by atoms with Gasteiger partial charge < -0.3 is 10.1 Å². The number of carbonyl (C=O) groups is 1. The number of hydrogen-bond donors (Lipinski definition) is 1. The Kier molecular flexibility index (Phi) is 5.24. The molecule has 1 aliphatic rings. The Morgan fingerprint density at radius 1 is 1.31 bits per heavy atom. The average Bonchev–Trinajstić information content (AvgIpc) is 3.09. The van der Waals surface area contributed by atoms with Crippen LogP contribution in [0.1, 0.15) is 30.1 Å². The minimum atomic E-state index is -3.62. The number of rotatable bonds is 5. The van der Waals surface area contributed by atoms with Gasteiger partial charge in [-0.15, -0.1) is 0 Å². The van der Waals surface area contributed by atoms with Crippen LogP contribution in [0.4, 0.5) is 5.82 Å². The zero-order valence-electron chi connectivity index (χ0n) is 14.7. The van der Waals surface area contributed by atoms with E-state index in [2.05, 4.69) is 10.3 Å². The lowest BCUT2D eigenvalue weighted by Gasteiger charge is -2.21. The SMILES string of the molecule is COc1cccnc1NC(=O)c1cccc(S(=O)(=O)N2CCC[C@@H]2C)c1. The van der Waals surface area contributed by atoms with Crippen molar-refractivity contribution in [2.75, 3.05) is 19.0 Å². The van der Waals surface area contributed by atoms with Crippen molar-refractivity contribution < 1.29 is 17.9 Å². The first-order valence-corrected chi connectivity index (χ1v) is 9.80. The summed E-state index contributed by atoms with van der Waals surface area (Å²) >= 11 is 0. The minimum Gasteiger partial charge on any atom is -0.493 e. The molecule has 1 aliphatic heterocycles. The normalized spacial score (nSPS) is 17.8. The lowest BCUT2D eigenvalue weighted by molar-refractivity contribution is 0.102. The molecule has 8 heteroatoms. The van der Waals surface area contributed by atoms with Crippen LogP contribution >= 0.6 is 0 Å². The largest absolute Gasteiger partial charge is 0.493 e. The predicted octanol–water partition coefficient (Wildman–Crippen LogP) is 2.52. The summed E-state index contributed by atoms with van der Waals surface area (Å²) in [6.45, 7) is 2.40. The number of hydrogen-bond acceptors (Lipinski definition) is 5. The molecule has 3 rings (SSSR count). The van der Waals surface area contributed by atoms with E-state index in [0.717, 1.165) is 12.8 Å². The van der Waals surface area contributed by atoms with E-state index in [0.29, 0.717) is 12.3 Å². The first-order valence-electron chi connectivity index (χ1n) is 8.36. The van der Waals surface area contributed by atoms with Gasteiger partial charge in [0.1, 0.15) is 0 Å². The van der Waals surface area contributed by atoms with Gasteiger partial charge in [-0.2, -0.15) is 4.31 Å². The second-order valence-corrected chi connectivity index (χ2v) is 8.03. The van der Waals surface area contributed by atoms with Crippen LogP contribution in [0.15, 0.2) is 47.5 Å². The van der Waals surface area contributed by atoms with Crippen LogP contribution in [0.5, 0.6) is 5.75 Å². The third-order valence-electron chi connectivity index (χ3n) is 4.42. The number of benzene rings is 1. The summed E-state index contributed by atoms with van der Waals surface area (Å²) in [5.74, 6) is 0.255. The molecule has 1 amide bonds. The molecule has 1 saturated heterocycles. The maximum atomic E-state index is 12.8. The number of anilines is 1. The minimum absolute atomic E-state index is 0.0322. The summed E-state index contributed by atoms with van der Waals surface area (Å²) in [5.41, 5.74) is 0.241. The van der Waals surface area contributed by atoms with Gasteiger partial charge in [0.15, 0.2) is 11.6 Å². The third kappa shape index (κ3) is 3.56. The van der Waals surface area contributed by atoms with Gasteiger partial charge in [-0.1, -0.05) is 6.07 Å². The predicted molar refractivity (Wildman–Crippen MR) is 97.8 cm³/mol. The molecule has 138 valence electrons. The lowest BCUT2D eigenvalue weighted by atomic mass is 10.2. The fourth-order valence-electron chi connectivity index (χ4n) is 3.03. The highest BCUT2D eigenvalue weighted by molar-refractivity contribution is 7.89. The molecule has 0 radical (unpaired) electrons. The van der Waals surface area contributed by atoms with E-state index >= 15 is 0 Å². The number of nitrogens with zero attached hydrogens (tertiary/aromatic N) is 2. The molecule has 1 N–H and O–H groups in total. The quantitative estimate of drug-likeness (QED) is 0.867. The standard InChI is InChI=1S/C18H21N3O4S/c1-13-6-5-11-21(13)26(23,24)15-8-3-7-14(12-15)18(22)20-17-16(25-2)9-4-10-19-17/h3-4,7-10,12-13H,5-6,11H2,1-2H3,(H,19,20,22)/t13-/m0/s1. The summed E-state index contributed by atoms with van der Waals surface area (Å²) in [6.07, 6.45) is 3.23. The topological polar surface area (TPSA) is 88.6 Å². The fraction of sp³-hybridized carbons (Fsp3) is 0.333. The maximum Gasteiger partial charge on any atom is 0.256 e. The number of sulfonamides is 1. The van der Waals surface area contributed by atoms with Crippen LogP contribution in [0.3, 0.4) is 0 Å². The van der Waals surface area contributed by atoms with Gasteiger partial charge in [0.25, 0.3) is 5.91 Å². The van der Waals surface area contributed by atoms with Crippen LogP contribution in [-0.4, -0.2) is 43.3 Å². The van der Waals surface area contributed by atoms with E-state index in [9.17, 15) is 13.2 Å². The highest BCUT2D eigenvalue weighted by Gasteiger charge is 2.32. The van der Waals surface area contributed by atoms with E-state index < -0.39 is 15.9 Å². The number of aromatic nitrogens is 1. The van der Waals surface area contributed by atoms with Crippen molar-refractivity contribution in [3.63, 3.8) is 0 Å². The number of carbonyl (C=O) groups excluding carboxylic acids is 1. The summed E-state index contributed by atoms with van der Waals surface area (Å²) in [5, 5.41) is 2.65. The van der Waals surface area contributed by atoms with Gasteiger partial charge in [-0.25, -0.2) is 13.4 Å². The lowest BCUT2D eigenvalue weighted by Crippen LogP contribution is -2.33. The van der Waals surface area contributed by atoms with Gasteiger partial charge >= 0.3 is 0 Å².